The van der Waals surface area contributed by atoms with E-state index < -0.39 is 23.9 Å². The second kappa shape index (κ2) is 8.90. The van der Waals surface area contributed by atoms with E-state index in [-0.39, 0.29) is 18.9 Å². The van der Waals surface area contributed by atoms with Crippen molar-refractivity contribution in [2.24, 2.45) is 5.92 Å². The van der Waals surface area contributed by atoms with Gasteiger partial charge in [-0.25, -0.2) is 0 Å². The van der Waals surface area contributed by atoms with Crippen molar-refractivity contribution in [2.45, 2.75) is 39.7 Å². The first-order valence-corrected chi connectivity index (χ1v) is 9.85. The van der Waals surface area contributed by atoms with E-state index in [0.29, 0.717) is 5.69 Å². The smallest absolute Gasteiger partial charge is 0.312 e. The Balaban J connectivity index is 1.60. The lowest BCUT2D eigenvalue weighted by Crippen LogP contribution is -2.33. The van der Waals surface area contributed by atoms with E-state index in [4.69, 9.17) is 4.74 Å². The number of hydrogen-bond donors (Lipinski definition) is 1. The zero-order valence-corrected chi connectivity index (χ0v) is 17.0. The fourth-order valence-electron chi connectivity index (χ4n) is 3.38. The van der Waals surface area contributed by atoms with Crippen LogP contribution in [0.3, 0.4) is 0 Å². The number of aryl methyl sites for hydroxylation is 2. The zero-order chi connectivity index (χ0) is 21.0. The van der Waals surface area contributed by atoms with Crippen LogP contribution in [0.5, 0.6) is 0 Å². The monoisotopic (exact) mass is 394 g/mol. The Kier molecular flexibility index (Phi) is 6.32. The van der Waals surface area contributed by atoms with Crippen LogP contribution in [0.1, 0.15) is 31.4 Å². The highest BCUT2D eigenvalue weighted by atomic mass is 16.5. The van der Waals surface area contributed by atoms with Crippen LogP contribution in [0.15, 0.2) is 48.5 Å². The fraction of sp³-hybridized carbons (Fsp3) is 0.348. The summed E-state index contributed by atoms with van der Waals surface area (Å²) in [5.41, 5.74) is 3.62. The van der Waals surface area contributed by atoms with Gasteiger partial charge in [-0.2, -0.15) is 0 Å². The summed E-state index contributed by atoms with van der Waals surface area (Å²) in [4.78, 5) is 39.0. The highest BCUT2D eigenvalue weighted by molar-refractivity contribution is 6.01. The first kappa shape index (κ1) is 20.6. The van der Waals surface area contributed by atoms with Gasteiger partial charge in [0.1, 0.15) is 0 Å². The summed E-state index contributed by atoms with van der Waals surface area (Å²) in [7, 11) is 0. The Morgan fingerprint density at radius 1 is 1.17 bits per heavy atom. The molecular formula is C23H26N2O4. The van der Waals surface area contributed by atoms with Crippen molar-refractivity contribution in [2.75, 3.05) is 16.8 Å². The lowest BCUT2D eigenvalue weighted by Gasteiger charge is -2.20. The molecule has 152 valence electrons. The SMILES string of the molecule is CCc1ccccc1N1C[C@@H](C(=O)O[C@@H](C)C(=O)Nc2ccc(C)cc2)CC1=O. The molecule has 1 heterocycles. The van der Waals surface area contributed by atoms with Crippen molar-refractivity contribution in [1.82, 2.24) is 0 Å². The minimum Gasteiger partial charge on any atom is -0.452 e. The molecule has 3 rings (SSSR count). The minimum absolute atomic E-state index is 0.0865. The number of esters is 1. The molecule has 1 fully saturated rings. The van der Waals surface area contributed by atoms with E-state index in [1.807, 2.05) is 50.2 Å². The average molecular weight is 394 g/mol. The van der Waals surface area contributed by atoms with Gasteiger partial charge in [0.2, 0.25) is 5.91 Å². The summed E-state index contributed by atoms with van der Waals surface area (Å²) in [5.74, 6) is -1.62. The summed E-state index contributed by atoms with van der Waals surface area (Å²) in [6, 6.07) is 15.0. The summed E-state index contributed by atoms with van der Waals surface area (Å²) in [6.07, 6.45) is -0.0649. The van der Waals surface area contributed by atoms with Gasteiger partial charge in [-0.05, 0) is 44.0 Å². The van der Waals surface area contributed by atoms with Crippen molar-refractivity contribution in [3.8, 4) is 0 Å². The predicted molar refractivity (Wildman–Crippen MR) is 112 cm³/mol. The number of carbonyl (C=O) groups excluding carboxylic acids is 3. The summed E-state index contributed by atoms with van der Waals surface area (Å²) >= 11 is 0. The Hall–Kier alpha value is -3.15. The van der Waals surface area contributed by atoms with Gasteiger partial charge in [-0.3, -0.25) is 14.4 Å². The third-order valence-electron chi connectivity index (χ3n) is 5.10. The van der Waals surface area contributed by atoms with Crippen LogP contribution in [0, 0.1) is 12.8 Å². The van der Waals surface area contributed by atoms with Crippen molar-refractivity contribution >= 4 is 29.2 Å². The zero-order valence-electron chi connectivity index (χ0n) is 17.0. The first-order chi connectivity index (χ1) is 13.9. The van der Waals surface area contributed by atoms with Gasteiger partial charge in [-0.1, -0.05) is 42.8 Å². The second-order valence-corrected chi connectivity index (χ2v) is 7.32. The minimum atomic E-state index is -0.948. The lowest BCUT2D eigenvalue weighted by atomic mass is 10.1. The van der Waals surface area contributed by atoms with Crippen LogP contribution in [0.25, 0.3) is 0 Å². The second-order valence-electron chi connectivity index (χ2n) is 7.32. The standard InChI is InChI=1S/C23H26N2O4/c1-4-17-7-5-6-8-20(17)25-14-18(13-21(25)26)23(28)29-16(3)22(27)24-19-11-9-15(2)10-12-19/h5-12,16,18H,4,13-14H2,1-3H3,(H,24,27)/t16-,18-/m0/s1. The molecule has 6 nitrogen and oxygen atoms in total. The third-order valence-corrected chi connectivity index (χ3v) is 5.10. The highest BCUT2D eigenvalue weighted by Crippen LogP contribution is 2.29. The maximum atomic E-state index is 12.6. The van der Waals surface area contributed by atoms with Gasteiger partial charge >= 0.3 is 5.97 Å². The molecule has 0 spiro atoms. The molecule has 0 unspecified atom stereocenters. The molecule has 0 aliphatic carbocycles. The molecule has 6 heteroatoms. The normalized spacial score (nSPS) is 17.1. The molecule has 1 aliphatic heterocycles. The number of anilines is 2. The van der Waals surface area contributed by atoms with Crippen LogP contribution in [-0.2, 0) is 25.5 Å². The molecule has 2 aromatic rings. The first-order valence-electron chi connectivity index (χ1n) is 9.85. The number of nitrogens with one attached hydrogen (secondary N) is 1. The van der Waals surface area contributed by atoms with Crippen molar-refractivity contribution in [3.63, 3.8) is 0 Å². The molecule has 2 amide bonds. The average Bonchev–Trinajstić information content (AvgIpc) is 3.11. The van der Waals surface area contributed by atoms with E-state index in [0.717, 1.165) is 23.2 Å². The molecule has 2 atom stereocenters. The maximum Gasteiger partial charge on any atom is 0.312 e. The van der Waals surface area contributed by atoms with Crippen LogP contribution >= 0.6 is 0 Å². The van der Waals surface area contributed by atoms with Gasteiger partial charge in [0.15, 0.2) is 6.10 Å². The van der Waals surface area contributed by atoms with Crippen LogP contribution in [0.2, 0.25) is 0 Å². The fourth-order valence-corrected chi connectivity index (χ4v) is 3.38. The van der Waals surface area contributed by atoms with Gasteiger partial charge in [0.25, 0.3) is 5.91 Å². The van der Waals surface area contributed by atoms with Crippen LogP contribution in [-0.4, -0.2) is 30.4 Å². The Morgan fingerprint density at radius 3 is 2.55 bits per heavy atom. The van der Waals surface area contributed by atoms with Crippen LogP contribution in [0.4, 0.5) is 11.4 Å². The number of ether oxygens (including phenoxy) is 1. The molecule has 1 aliphatic rings. The molecule has 1 saturated heterocycles. The van der Waals surface area contributed by atoms with Crippen molar-refractivity contribution < 1.29 is 19.1 Å². The van der Waals surface area contributed by atoms with E-state index in [9.17, 15) is 14.4 Å². The van der Waals surface area contributed by atoms with Crippen molar-refractivity contribution in [3.05, 3.63) is 59.7 Å². The van der Waals surface area contributed by atoms with Gasteiger partial charge in [0.05, 0.1) is 5.92 Å². The predicted octanol–water partition coefficient (Wildman–Crippen LogP) is 3.48. The molecular weight excluding hydrogens is 368 g/mol. The van der Waals surface area contributed by atoms with E-state index >= 15 is 0 Å². The summed E-state index contributed by atoms with van der Waals surface area (Å²) in [5, 5.41) is 2.73. The molecule has 1 N–H and O–H groups in total. The topological polar surface area (TPSA) is 75.7 Å². The number of benzene rings is 2. The third kappa shape index (κ3) is 4.83. The number of nitrogens with zero attached hydrogens (tertiary/aromatic N) is 1. The molecule has 2 aromatic carbocycles. The van der Waals surface area contributed by atoms with Gasteiger partial charge in [0, 0.05) is 24.3 Å². The number of hydrogen-bond acceptors (Lipinski definition) is 4. The quantitative estimate of drug-likeness (QED) is 0.761. The maximum absolute atomic E-state index is 12.6. The Bertz CT molecular complexity index is 907. The molecule has 29 heavy (non-hydrogen) atoms. The Morgan fingerprint density at radius 2 is 1.86 bits per heavy atom. The van der Waals surface area contributed by atoms with Crippen LogP contribution < -0.4 is 10.2 Å². The molecule has 0 aromatic heterocycles. The molecule has 0 bridgehead atoms. The van der Waals surface area contributed by atoms with E-state index in [2.05, 4.69) is 5.32 Å². The summed E-state index contributed by atoms with van der Waals surface area (Å²) in [6.45, 7) is 5.78. The number of rotatable bonds is 6. The van der Waals surface area contributed by atoms with E-state index in [1.165, 1.54) is 6.92 Å². The largest absolute Gasteiger partial charge is 0.452 e. The van der Waals surface area contributed by atoms with Gasteiger partial charge in [-0.15, -0.1) is 0 Å². The van der Waals surface area contributed by atoms with Crippen molar-refractivity contribution in [1.29, 1.82) is 0 Å². The molecule has 0 saturated carbocycles. The Labute approximate surface area is 170 Å². The number of amides is 2. The molecule has 0 radical (unpaired) electrons. The van der Waals surface area contributed by atoms with Gasteiger partial charge < -0.3 is 15.0 Å². The highest BCUT2D eigenvalue weighted by Gasteiger charge is 2.37. The summed E-state index contributed by atoms with van der Waals surface area (Å²) < 4.78 is 5.35. The number of para-hydroxylation sites is 1. The number of carbonyl (C=O) groups is 3. The van der Waals surface area contributed by atoms with E-state index in [1.54, 1.807) is 17.0 Å². The lowest BCUT2D eigenvalue weighted by molar-refractivity contribution is -0.157.